The number of nitrogen functional groups attached to an aromatic ring is 1. The molecule has 0 spiro atoms. The number of hydrazine groups is 1. The SMILES string of the molecule is NNc1nc2c(s1)CN(Cc1ccccc1)CC2. The molecule has 1 aromatic carbocycles. The Morgan fingerprint density at radius 1 is 1.33 bits per heavy atom. The topological polar surface area (TPSA) is 54.2 Å². The third kappa shape index (κ3) is 2.38. The van der Waals surface area contributed by atoms with Crippen LogP contribution in [-0.2, 0) is 19.5 Å². The van der Waals surface area contributed by atoms with Crippen LogP contribution in [0.25, 0.3) is 0 Å². The lowest BCUT2D eigenvalue weighted by molar-refractivity contribution is 0.247. The van der Waals surface area contributed by atoms with E-state index in [9.17, 15) is 0 Å². The molecule has 0 saturated carbocycles. The number of hydrogen-bond donors (Lipinski definition) is 2. The van der Waals surface area contributed by atoms with Gasteiger partial charge in [0.05, 0.1) is 5.69 Å². The van der Waals surface area contributed by atoms with E-state index in [-0.39, 0.29) is 0 Å². The van der Waals surface area contributed by atoms with Gasteiger partial charge in [0.2, 0.25) is 0 Å². The number of hydrogen-bond acceptors (Lipinski definition) is 5. The highest BCUT2D eigenvalue weighted by molar-refractivity contribution is 7.15. The van der Waals surface area contributed by atoms with Crippen LogP contribution in [-0.4, -0.2) is 16.4 Å². The molecule has 1 aliphatic rings. The molecule has 1 aromatic heterocycles. The van der Waals surface area contributed by atoms with E-state index in [0.717, 1.165) is 31.2 Å². The fourth-order valence-corrected chi connectivity index (χ4v) is 3.25. The summed E-state index contributed by atoms with van der Waals surface area (Å²) in [5, 5.41) is 0.821. The second-order valence-corrected chi connectivity index (χ2v) is 5.56. The Bertz CT molecular complexity index is 523. The number of anilines is 1. The smallest absolute Gasteiger partial charge is 0.197 e. The Labute approximate surface area is 110 Å². The number of thiazole rings is 1. The Hall–Kier alpha value is -1.43. The fraction of sp³-hybridized carbons (Fsp3) is 0.308. The second kappa shape index (κ2) is 5.06. The van der Waals surface area contributed by atoms with Gasteiger partial charge in [-0.3, -0.25) is 10.3 Å². The highest BCUT2D eigenvalue weighted by Crippen LogP contribution is 2.28. The van der Waals surface area contributed by atoms with Gasteiger partial charge in [0, 0.05) is 30.9 Å². The summed E-state index contributed by atoms with van der Waals surface area (Å²) in [7, 11) is 0. The van der Waals surface area contributed by atoms with Crippen LogP contribution >= 0.6 is 11.3 Å². The van der Waals surface area contributed by atoms with Crippen LogP contribution in [0.3, 0.4) is 0 Å². The van der Waals surface area contributed by atoms with Gasteiger partial charge < -0.3 is 0 Å². The van der Waals surface area contributed by atoms with Crippen LogP contribution < -0.4 is 11.3 Å². The zero-order valence-electron chi connectivity index (χ0n) is 10.1. The molecule has 1 aliphatic heterocycles. The molecule has 94 valence electrons. The van der Waals surface area contributed by atoms with Crippen molar-refractivity contribution < 1.29 is 0 Å². The lowest BCUT2D eigenvalue weighted by atomic mass is 10.1. The Kier molecular flexibility index (Phi) is 3.27. The number of nitrogens with zero attached hydrogens (tertiary/aromatic N) is 2. The molecule has 0 aliphatic carbocycles. The number of fused-ring (bicyclic) bond motifs is 1. The maximum Gasteiger partial charge on any atom is 0.197 e. The van der Waals surface area contributed by atoms with E-state index in [1.807, 2.05) is 0 Å². The molecular weight excluding hydrogens is 244 g/mol. The van der Waals surface area contributed by atoms with Gasteiger partial charge >= 0.3 is 0 Å². The molecule has 18 heavy (non-hydrogen) atoms. The van der Waals surface area contributed by atoms with Crippen LogP contribution in [0.5, 0.6) is 0 Å². The van der Waals surface area contributed by atoms with Gasteiger partial charge in [-0.15, -0.1) is 0 Å². The van der Waals surface area contributed by atoms with E-state index in [2.05, 4.69) is 45.6 Å². The monoisotopic (exact) mass is 260 g/mol. The van der Waals surface area contributed by atoms with E-state index < -0.39 is 0 Å². The number of rotatable bonds is 3. The Balaban J connectivity index is 1.71. The molecule has 0 unspecified atom stereocenters. The largest absolute Gasteiger partial charge is 0.300 e. The molecular formula is C13H16N4S. The number of aromatic nitrogens is 1. The predicted molar refractivity (Wildman–Crippen MR) is 74.2 cm³/mol. The molecule has 3 N–H and O–H groups in total. The van der Waals surface area contributed by atoms with E-state index in [0.29, 0.717) is 0 Å². The summed E-state index contributed by atoms with van der Waals surface area (Å²) in [4.78, 5) is 8.26. The van der Waals surface area contributed by atoms with Crippen molar-refractivity contribution in [2.24, 2.45) is 5.84 Å². The summed E-state index contributed by atoms with van der Waals surface area (Å²) in [6, 6.07) is 10.6. The van der Waals surface area contributed by atoms with Crippen molar-refractivity contribution in [1.82, 2.24) is 9.88 Å². The fourth-order valence-electron chi connectivity index (χ4n) is 2.29. The molecule has 3 rings (SSSR count). The van der Waals surface area contributed by atoms with Crippen LogP contribution in [0.15, 0.2) is 30.3 Å². The lowest BCUT2D eigenvalue weighted by Crippen LogP contribution is -2.29. The van der Waals surface area contributed by atoms with Crippen molar-refractivity contribution in [2.75, 3.05) is 12.0 Å². The summed E-state index contributed by atoms with van der Waals surface area (Å²) in [5.41, 5.74) is 5.21. The van der Waals surface area contributed by atoms with Gasteiger partial charge in [0.15, 0.2) is 5.13 Å². The maximum absolute atomic E-state index is 5.40. The summed E-state index contributed by atoms with van der Waals surface area (Å²) in [6.07, 6.45) is 1.01. The van der Waals surface area contributed by atoms with E-state index in [1.54, 1.807) is 11.3 Å². The molecule has 2 heterocycles. The molecule has 0 fully saturated rings. The third-order valence-electron chi connectivity index (χ3n) is 3.18. The van der Waals surface area contributed by atoms with Crippen molar-refractivity contribution in [3.05, 3.63) is 46.5 Å². The van der Waals surface area contributed by atoms with E-state index in [4.69, 9.17) is 5.84 Å². The molecule has 5 heteroatoms. The van der Waals surface area contributed by atoms with Crippen molar-refractivity contribution in [2.45, 2.75) is 19.5 Å². The first-order valence-electron chi connectivity index (χ1n) is 6.06. The minimum Gasteiger partial charge on any atom is -0.300 e. The zero-order valence-corrected chi connectivity index (χ0v) is 10.9. The third-order valence-corrected chi connectivity index (χ3v) is 4.20. The van der Waals surface area contributed by atoms with Crippen LogP contribution in [0.4, 0.5) is 5.13 Å². The highest BCUT2D eigenvalue weighted by Gasteiger charge is 2.20. The van der Waals surface area contributed by atoms with Crippen molar-refractivity contribution in [1.29, 1.82) is 0 Å². The van der Waals surface area contributed by atoms with E-state index in [1.165, 1.54) is 16.1 Å². The number of benzene rings is 1. The zero-order chi connectivity index (χ0) is 12.4. The molecule has 0 radical (unpaired) electrons. The average Bonchev–Trinajstić information content (AvgIpc) is 2.82. The quantitative estimate of drug-likeness (QED) is 0.654. The van der Waals surface area contributed by atoms with Crippen LogP contribution in [0, 0.1) is 0 Å². The second-order valence-electron chi connectivity index (χ2n) is 4.48. The van der Waals surface area contributed by atoms with Crippen molar-refractivity contribution in [3.63, 3.8) is 0 Å². The summed E-state index contributed by atoms with van der Waals surface area (Å²) < 4.78 is 0. The first-order chi connectivity index (χ1) is 8.85. The number of nitrogens with two attached hydrogens (primary N) is 1. The van der Waals surface area contributed by atoms with Gasteiger partial charge in [-0.2, -0.15) is 0 Å². The van der Waals surface area contributed by atoms with Crippen molar-refractivity contribution in [3.8, 4) is 0 Å². The Morgan fingerprint density at radius 3 is 2.94 bits per heavy atom. The van der Waals surface area contributed by atoms with Crippen LogP contribution in [0.2, 0.25) is 0 Å². The van der Waals surface area contributed by atoms with Crippen molar-refractivity contribution >= 4 is 16.5 Å². The first-order valence-corrected chi connectivity index (χ1v) is 6.88. The molecule has 0 bridgehead atoms. The maximum atomic E-state index is 5.40. The molecule has 0 amide bonds. The molecule has 4 nitrogen and oxygen atoms in total. The summed E-state index contributed by atoms with van der Waals surface area (Å²) in [6.45, 7) is 3.04. The van der Waals surface area contributed by atoms with E-state index >= 15 is 0 Å². The standard InChI is InChI=1S/C13H16N4S/c14-16-13-15-11-6-7-17(9-12(11)18-13)8-10-4-2-1-3-5-10/h1-5H,6-9,14H2,(H,15,16). The minimum absolute atomic E-state index is 0.821. The normalized spacial score (nSPS) is 15.4. The van der Waals surface area contributed by atoms with Gasteiger partial charge in [-0.1, -0.05) is 41.7 Å². The number of nitrogens with one attached hydrogen (secondary N) is 1. The van der Waals surface area contributed by atoms with Gasteiger partial charge in [-0.25, -0.2) is 10.8 Å². The Morgan fingerprint density at radius 2 is 2.17 bits per heavy atom. The lowest BCUT2D eigenvalue weighted by Gasteiger charge is -2.25. The van der Waals surface area contributed by atoms with Gasteiger partial charge in [0.1, 0.15) is 0 Å². The molecule has 0 saturated heterocycles. The van der Waals surface area contributed by atoms with Crippen LogP contribution in [0.1, 0.15) is 16.1 Å². The minimum atomic E-state index is 0.821. The predicted octanol–water partition coefficient (Wildman–Crippen LogP) is 1.99. The first kappa shape index (κ1) is 11.6. The highest BCUT2D eigenvalue weighted by atomic mass is 32.1. The average molecular weight is 260 g/mol. The molecule has 0 atom stereocenters. The summed E-state index contributed by atoms with van der Waals surface area (Å²) >= 11 is 1.66. The van der Waals surface area contributed by atoms with Gasteiger partial charge in [0.25, 0.3) is 0 Å². The summed E-state index contributed by atoms with van der Waals surface area (Å²) in [5.74, 6) is 5.40. The van der Waals surface area contributed by atoms with Gasteiger partial charge in [-0.05, 0) is 5.56 Å². The molecule has 2 aromatic rings.